The number of ether oxygens (including phenoxy) is 1. The highest BCUT2D eigenvalue weighted by atomic mass is 31.2. The third-order valence-electron chi connectivity index (χ3n) is 5.75. The second-order valence-electron chi connectivity index (χ2n) is 9.43. The molecule has 0 fully saturated rings. The van der Waals surface area contributed by atoms with Crippen molar-refractivity contribution in [1.82, 2.24) is 4.90 Å². The summed E-state index contributed by atoms with van der Waals surface area (Å²) in [6, 6.07) is 0. The Bertz CT molecular complexity index is 487. The molecule has 0 aromatic rings. The molecule has 0 aliphatic rings. The van der Waals surface area contributed by atoms with Gasteiger partial charge in [0.2, 0.25) is 0 Å². The van der Waals surface area contributed by atoms with Crippen LogP contribution in [0.25, 0.3) is 0 Å². The lowest BCUT2D eigenvalue weighted by Crippen LogP contribution is -2.23. The number of carbonyl (C=O) groups is 1. The number of hydrogen-bond donors (Lipinski definition) is 1. The fourth-order valence-corrected chi connectivity index (χ4v) is 4.93. The molecule has 0 amide bonds. The van der Waals surface area contributed by atoms with E-state index in [2.05, 4.69) is 6.92 Å². The quantitative estimate of drug-likeness (QED) is 0.0975. The van der Waals surface area contributed by atoms with E-state index < -0.39 is 13.7 Å². The molecule has 2 atom stereocenters. The molecule has 1 N–H and O–H groups in total. The molecule has 0 aliphatic carbocycles. The summed E-state index contributed by atoms with van der Waals surface area (Å²) >= 11 is 0. The monoisotopic (exact) mass is 477 g/mol. The van der Waals surface area contributed by atoms with E-state index in [1.165, 1.54) is 90.4 Å². The Morgan fingerprint density at radius 3 is 1.69 bits per heavy atom. The summed E-state index contributed by atoms with van der Waals surface area (Å²) in [5.74, 6) is -0.374. The van der Waals surface area contributed by atoms with Crippen LogP contribution in [0, 0.1) is 0 Å². The standard InChI is InChI=1S/C25H52NO5P/c1-5-6-7-8-9-10-11-12-13-14-15-16-17-18-19-20-25(31-24(2)27)23-30-32(28,29)22-21-26(3)4/h25H,5-23H2,1-4H3,(H,28,29). The van der Waals surface area contributed by atoms with Crippen molar-refractivity contribution < 1.29 is 23.5 Å². The van der Waals surface area contributed by atoms with Crippen LogP contribution < -0.4 is 0 Å². The van der Waals surface area contributed by atoms with Gasteiger partial charge in [0.1, 0.15) is 6.10 Å². The molecule has 2 unspecified atom stereocenters. The zero-order valence-electron chi connectivity index (χ0n) is 21.5. The lowest BCUT2D eigenvalue weighted by atomic mass is 10.0. The molecule has 0 radical (unpaired) electrons. The van der Waals surface area contributed by atoms with Crippen LogP contribution in [0.2, 0.25) is 0 Å². The van der Waals surface area contributed by atoms with E-state index in [4.69, 9.17) is 9.26 Å². The summed E-state index contributed by atoms with van der Waals surface area (Å²) in [5, 5.41) is 0. The average molecular weight is 478 g/mol. The van der Waals surface area contributed by atoms with Crippen molar-refractivity contribution in [3.63, 3.8) is 0 Å². The summed E-state index contributed by atoms with van der Waals surface area (Å²) in [6.07, 6.45) is 19.9. The van der Waals surface area contributed by atoms with Gasteiger partial charge in [-0.3, -0.25) is 9.36 Å². The normalized spacial score (nSPS) is 14.4. The second kappa shape index (κ2) is 21.1. The summed E-state index contributed by atoms with van der Waals surface area (Å²) in [7, 11) is 0.0393. The zero-order valence-corrected chi connectivity index (χ0v) is 22.4. The molecule has 0 aromatic carbocycles. The first-order valence-electron chi connectivity index (χ1n) is 13.0. The zero-order chi connectivity index (χ0) is 24.1. The van der Waals surface area contributed by atoms with Gasteiger partial charge in [0.25, 0.3) is 0 Å². The van der Waals surface area contributed by atoms with Gasteiger partial charge in [-0.2, -0.15) is 0 Å². The summed E-state index contributed by atoms with van der Waals surface area (Å²) in [4.78, 5) is 23.1. The van der Waals surface area contributed by atoms with Crippen molar-refractivity contribution in [3.8, 4) is 0 Å². The first-order chi connectivity index (χ1) is 15.3. The van der Waals surface area contributed by atoms with E-state index in [0.29, 0.717) is 13.0 Å². The van der Waals surface area contributed by atoms with E-state index in [9.17, 15) is 14.3 Å². The molecule has 0 spiro atoms. The van der Waals surface area contributed by atoms with Crippen molar-refractivity contribution in [3.05, 3.63) is 0 Å². The third-order valence-corrected chi connectivity index (χ3v) is 7.07. The van der Waals surface area contributed by atoms with Gasteiger partial charge in [-0.15, -0.1) is 0 Å². The van der Waals surface area contributed by atoms with Crippen LogP contribution in [0.15, 0.2) is 0 Å². The average Bonchev–Trinajstić information content (AvgIpc) is 2.73. The van der Waals surface area contributed by atoms with Crippen LogP contribution in [0.5, 0.6) is 0 Å². The van der Waals surface area contributed by atoms with Crippen LogP contribution in [0.4, 0.5) is 0 Å². The molecule has 32 heavy (non-hydrogen) atoms. The van der Waals surface area contributed by atoms with E-state index in [0.717, 1.165) is 12.8 Å². The van der Waals surface area contributed by atoms with Gasteiger partial charge < -0.3 is 19.1 Å². The smallest absolute Gasteiger partial charge is 0.329 e. The van der Waals surface area contributed by atoms with Gasteiger partial charge in [-0.1, -0.05) is 96.8 Å². The van der Waals surface area contributed by atoms with Gasteiger partial charge in [0.05, 0.1) is 12.8 Å². The molecule has 0 aliphatic heterocycles. The Balaban J connectivity index is 3.72. The topological polar surface area (TPSA) is 76.1 Å². The summed E-state index contributed by atoms with van der Waals surface area (Å²) in [5.41, 5.74) is 0. The lowest BCUT2D eigenvalue weighted by molar-refractivity contribution is -0.148. The number of esters is 1. The van der Waals surface area contributed by atoms with Gasteiger partial charge in [0, 0.05) is 13.5 Å². The maximum absolute atomic E-state index is 12.1. The molecule has 192 valence electrons. The van der Waals surface area contributed by atoms with Crippen molar-refractivity contribution in [1.29, 1.82) is 0 Å². The molecular formula is C25H52NO5P. The number of hydrogen-bond acceptors (Lipinski definition) is 5. The molecule has 7 heteroatoms. The van der Waals surface area contributed by atoms with Crippen LogP contribution in [-0.4, -0.2) is 55.3 Å². The number of unbranched alkanes of at least 4 members (excludes halogenated alkanes) is 14. The van der Waals surface area contributed by atoms with E-state index >= 15 is 0 Å². The Kier molecular flexibility index (Phi) is 20.9. The molecule has 0 rings (SSSR count). The molecule has 0 heterocycles. The Morgan fingerprint density at radius 2 is 1.28 bits per heavy atom. The SMILES string of the molecule is CCCCCCCCCCCCCCCCCC(COP(=O)(O)CCN(C)C)OC(C)=O. The van der Waals surface area contributed by atoms with Gasteiger partial charge in [-0.05, 0) is 26.9 Å². The van der Waals surface area contributed by atoms with Crippen molar-refractivity contribution in [2.24, 2.45) is 0 Å². The minimum absolute atomic E-state index is 0.0145. The van der Waals surface area contributed by atoms with Crippen LogP contribution in [0.1, 0.15) is 117 Å². The fourth-order valence-electron chi connectivity index (χ4n) is 3.74. The van der Waals surface area contributed by atoms with Crippen molar-refractivity contribution in [2.75, 3.05) is 33.4 Å². The summed E-state index contributed by atoms with van der Waals surface area (Å²) in [6.45, 7) is 4.09. The maximum atomic E-state index is 12.1. The largest absolute Gasteiger partial charge is 0.460 e. The van der Waals surface area contributed by atoms with Crippen LogP contribution in [0.3, 0.4) is 0 Å². The molecule has 0 bridgehead atoms. The third kappa shape index (κ3) is 22.8. The highest BCUT2D eigenvalue weighted by Gasteiger charge is 2.23. The van der Waals surface area contributed by atoms with Crippen LogP contribution in [-0.2, 0) is 18.6 Å². The van der Waals surface area contributed by atoms with Crippen molar-refractivity contribution in [2.45, 2.75) is 123 Å². The Morgan fingerprint density at radius 1 is 0.844 bits per heavy atom. The first kappa shape index (κ1) is 31.6. The maximum Gasteiger partial charge on any atom is 0.329 e. The highest BCUT2D eigenvalue weighted by molar-refractivity contribution is 7.52. The second-order valence-corrected chi connectivity index (χ2v) is 11.4. The van der Waals surface area contributed by atoms with Gasteiger partial charge >= 0.3 is 13.6 Å². The number of carbonyl (C=O) groups excluding carboxylic acids is 1. The number of rotatable bonds is 23. The van der Waals surface area contributed by atoms with E-state index in [-0.39, 0.29) is 18.7 Å². The molecule has 6 nitrogen and oxygen atoms in total. The predicted molar refractivity (Wildman–Crippen MR) is 134 cm³/mol. The molecular weight excluding hydrogens is 425 g/mol. The predicted octanol–water partition coefficient (Wildman–Crippen LogP) is 6.94. The highest BCUT2D eigenvalue weighted by Crippen LogP contribution is 2.41. The number of nitrogens with zero attached hydrogens (tertiary/aromatic N) is 1. The van der Waals surface area contributed by atoms with Crippen molar-refractivity contribution >= 4 is 13.6 Å². The molecule has 0 aromatic heterocycles. The fraction of sp³-hybridized carbons (Fsp3) is 0.960. The van der Waals surface area contributed by atoms with E-state index in [1.54, 1.807) is 0 Å². The molecule has 0 saturated carbocycles. The first-order valence-corrected chi connectivity index (χ1v) is 14.8. The Labute approximate surface area is 198 Å². The Hall–Kier alpha value is -0.420. The van der Waals surface area contributed by atoms with Gasteiger partial charge in [0.15, 0.2) is 0 Å². The summed E-state index contributed by atoms with van der Waals surface area (Å²) < 4.78 is 22.6. The minimum atomic E-state index is -3.65. The van der Waals surface area contributed by atoms with Crippen LogP contribution >= 0.6 is 7.60 Å². The van der Waals surface area contributed by atoms with Gasteiger partial charge in [-0.25, -0.2) is 0 Å². The minimum Gasteiger partial charge on any atom is -0.460 e. The molecule has 0 saturated heterocycles. The lowest BCUT2D eigenvalue weighted by Gasteiger charge is -2.20. The van der Waals surface area contributed by atoms with E-state index in [1.807, 2.05) is 19.0 Å².